The summed E-state index contributed by atoms with van der Waals surface area (Å²) in [6.07, 6.45) is 1.99. The van der Waals surface area contributed by atoms with Crippen molar-refractivity contribution in [2.24, 2.45) is 0 Å². The molecule has 1 fully saturated rings. The molecule has 1 unspecified atom stereocenters. The summed E-state index contributed by atoms with van der Waals surface area (Å²) in [4.78, 5) is 0. The Labute approximate surface area is 81.5 Å². The lowest BCUT2D eigenvalue weighted by molar-refractivity contribution is 0.660. The standard InChI is InChI=1S/C9H16OS2/c1-8(2)7-9(3)11-5-4-6-12(9)10/h1,4-7H2,2-3H3/t9-,12?/m0/s1. The van der Waals surface area contributed by atoms with Crippen molar-refractivity contribution in [3.63, 3.8) is 0 Å². The molecule has 0 radical (unpaired) electrons. The molecule has 0 spiro atoms. The van der Waals surface area contributed by atoms with Gasteiger partial charge in [0.15, 0.2) is 0 Å². The number of hydrogen-bond acceptors (Lipinski definition) is 2. The molecule has 0 bridgehead atoms. The van der Waals surface area contributed by atoms with Gasteiger partial charge < -0.3 is 0 Å². The molecule has 2 atom stereocenters. The van der Waals surface area contributed by atoms with Gasteiger partial charge >= 0.3 is 0 Å². The van der Waals surface area contributed by atoms with Crippen LogP contribution >= 0.6 is 11.8 Å². The fourth-order valence-electron chi connectivity index (χ4n) is 1.44. The monoisotopic (exact) mass is 204 g/mol. The molecule has 1 rings (SSSR count). The van der Waals surface area contributed by atoms with E-state index in [4.69, 9.17) is 0 Å². The van der Waals surface area contributed by atoms with Crippen LogP contribution in [0, 0.1) is 0 Å². The second-order valence-electron chi connectivity index (χ2n) is 3.52. The van der Waals surface area contributed by atoms with Crippen molar-refractivity contribution in [1.82, 2.24) is 0 Å². The zero-order chi connectivity index (χ0) is 9.19. The van der Waals surface area contributed by atoms with Crippen LogP contribution in [0.2, 0.25) is 0 Å². The van der Waals surface area contributed by atoms with E-state index >= 15 is 0 Å². The molecule has 0 amide bonds. The van der Waals surface area contributed by atoms with Gasteiger partial charge in [-0.2, -0.15) is 0 Å². The smallest absolute Gasteiger partial charge is 0.0917 e. The summed E-state index contributed by atoms with van der Waals surface area (Å²) in [5.41, 5.74) is 1.14. The van der Waals surface area contributed by atoms with Crippen molar-refractivity contribution in [2.75, 3.05) is 11.5 Å². The Morgan fingerprint density at radius 3 is 2.92 bits per heavy atom. The first kappa shape index (κ1) is 10.3. The van der Waals surface area contributed by atoms with Crippen molar-refractivity contribution < 1.29 is 4.21 Å². The Kier molecular flexibility index (Phi) is 3.41. The van der Waals surface area contributed by atoms with Crippen LogP contribution in [0.25, 0.3) is 0 Å². The van der Waals surface area contributed by atoms with Crippen LogP contribution in [-0.2, 0) is 10.8 Å². The average Bonchev–Trinajstić information content (AvgIpc) is 1.94. The summed E-state index contributed by atoms with van der Waals surface area (Å²) >= 11 is 1.84. The zero-order valence-corrected chi connectivity index (χ0v) is 9.39. The van der Waals surface area contributed by atoms with Gasteiger partial charge in [0, 0.05) is 16.6 Å². The number of thioether (sulfide) groups is 1. The van der Waals surface area contributed by atoms with E-state index in [0.717, 1.165) is 29.9 Å². The predicted octanol–water partition coefficient (Wildman–Crippen LogP) is 2.55. The maximum absolute atomic E-state index is 11.7. The zero-order valence-electron chi connectivity index (χ0n) is 7.76. The minimum atomic E-state index is -0.662. The van der Waals surface area contributed by atoms with Crippen molar-refractivity contribution >= 4 is 22.6 Å². The minimum absolute atomic E-state index is 0.0515. The summed E-state index contributed by atoms with van der Waals surface area (Å²) in [6, 6.07) is 0. The molecule has 1 nitrogen and oxygen atoms in total. The molecule has 3 heteroatoms. The second-order valence-corrected chi connectivity index (χ2v) is 7.38. The van der Waals surface area contributed by atoms with Crippen LogP contribution in [0.15, 0.2) is 12.2 Å². The van der Waals surface area contributed by atoms with E-state index in [1.807, 2.05) is 18.7 Å². The van der Waals surface area contributed by atoms with Gasteiger partial charge in [0.25, 0.3) is 0 Å². The molecule has 12 heavy (non-hydrogen) atoms. The van der Waals surface area contributed by atoms with Gasteiger partial charge in [-0.1, -0.05) is 5.57 Å². The molecule has 0 N–H and O–H groups in total. The summed E-state index contributed by atoms with van der Waals surface area (Å²) in [7, 11) is -0.662. The summed E-state index contributed by atoms with van der Waals surface area (Å²) < 4.78 is 11.6. The number of hydrogen-bond donors (Lipinski definition) is 0. The highest BCUT2D eigenvalue weighted by molar-refractivity contribution is 8.13. The highest BCUT2D eigenvalue weighted by Gasteiger charge is 2.34. The first-order chi connectivity index (χ1) is 5.54. The molecule has 70 valence electrons. The highest BCUT2D eigenvalue weighted by atomic mass is 32.2. The van der Waals surface area contributed by atoms with Crippen molar-refractivity contribution in [2.45, 2.75) is 30.8 Å². The van der Waals surface area contributed by atoms with Gasteiger partial charge in [0.1, 0.15) is 0 Å². The molecular formula is C9H16OS2. The minimum Gasteiger partial charge on any atom is -0.258 e. The van der Waals surface area contributed by atoms with E-state index in [0.29, 0.717) is 0 Å². The summed E-state index contributed by atoms with van der Waals surface area (Å²) in [5, 5.41) is 0. The molecule has 0 aromatic rings. The third kappa shape index (κ3) is 2.36. The van der Waals surface area contributed by atoms with E-state index in [1.165, 1.54) is 0 Å². The highest BCUT2D eigenvalue weighted by Crippen LogP contribution is 2.38. The first-order valence-corrected chi connectivity index (χ1v) is 6.52. The van der Waals surface area contributed by atoms with E-state index in [-0.39, 0.29) is 4.08 Å². The summed E-state index contributed by atoms with van der Waals surface area (Å²) in [6.45, 7) is 7.99. The molecule has 1 aliphatic heterocycles. The van der Waals surface area contributed by atoms with Crippen LogP contribution in [0.5, 0.6) is 0 Å². The Morgan fingerprint density at radius 2 is 2.42 bits per heavy atom. The Morgan fingerprint density at radius 1 is 1.75 bits per heavy atom. The lowest BCUT2D eigenvalue weighted by Crippen LogP contribution is -2.33. The van der Waals surface area contributed by atoms with Gasteiger partial charge in [-0.3, -0.25) is 4.21 Å². The molecule has 1 heterocycles. The SMILES string of the molecule is C=C(C)C[C@@]1(C)SCCCS1=O. The maximum atomic E-state index is 11.7. The van der Waals surface area contributed by atoms with Crippen molar-refractivity contribution in [3.8, 4) is 0 Å². The number of rotatable bonds is 2. The van der Waals surface area contributed by atoms with Crippen LogP contribution in [0.4, 0.5) is 0 Å². The average molecular weight is 204 g/mol. The van der Waals surface area contributed by atoms with E-state index in [2.05, 4.69) is 13.5 Å². The predicted molar refractivity (Wildman–Crippen MR) is 57.9 cm³/mol. The van der Waals surface area contributed by atoms with Crippen LogP contribution in [0.3, 0.4) is 0 Å². The molecule has 0 aromatic carbocycles. The fourth-order valence-corrected chi connectivity index (χ4v) is 4.96. The molecule has 0 aliphatic carbocycles. The Bertz CT molecular complexity index is 213. The molecular weight excluding hydrogens is 188 g/mol. The molecule has 0 saturated carbocycles. The molecule has 1 saturated heterocycles. The summed E-state index contributed by atoms with van der Waals surface area (Å²) in [5.74, 6) is 2.02. The van der Waals surface area contributed by atoms with E-state index in [1.54, 1.807) is 0 Å². The van der Waals surface area contributed by atoms with Crippen LogP contribution in [0.1, 0.15) is 26.7 Å². The van der Waals surface area contributed by atoms with Gasteiger partial charge in [0.05, 0.1) is 4.08 Å². The van der Waals surface area contributed by atoms with Gasteiger partial charge in [-0.25, -0.2) is 0 Å². The lowest BCUT2D eigenvalue weighted by atomic mass is 10.2. The van der Waals surface area contributed by atoms with E-state index in [9.17, 15) is 4.21 Å². The van der Waals surface area contributed by atoms with Gasteiger partial charge in [-0.15, -0.1) is 18.3 Å². The second kappa shape index (κ2) is 3.97. The quantitative estimate of drug-likeness (QED) is 0.643. The molecule has 1 aliphatic rings. The Balaban J connectivity index is 2.66. The molecule has 0 aromatic heterocycles. The fraction of sp³-hybridized carbons (Fsp3) is 0.778. The van der Waals surface area contributed by atoms with Crippen LogP contribution in [-0.4, -0.2) is 19.8 Å². The first-order valence-electron chi connectivity index (χ1n) is 4.21. The van der Waals surface area contributed by atoms with Crippen LogP contribution < -0.4 is 0 Å². The van der Waals surface area contributed by atoms with E-state index < -0.39 is 10.8 Å². The normalized spacial score (nSPS) is 36.3. The topological polar surface area (TPSA) is 17.1 Å². The maximum Gasteiger partial charge on any atom is 0.0917 e. The van der Waals surface area contributed by atoms with Gasteiger partial charge in [0.2, 0.25) is 0 Å². The lowest BCUT2D eigenvalue weighted by Gasteiger charge is -2.32. The largest absolute Gasteiger partial charge is 0.258 e. The third-order valence-electron chi connectivity index (χ3n) is 1.99. The number of allylic oxidation sites excluding steroid dienone is 1. The van der Waals surface area contributed by atoms with Crippen molar-refractivity contribution in [3.05, 3.63) is 12.2 Å². The third-order valence-corrected chi connectivity index (χ3v) is 5.91. The Hall–Kier alpha value is 0.240. The van der Waals surface area contributed by atoms with Gasteiger partial charge in [-0.05, 0) is 32.4 Å². The van der Waals surface area contributed by atoms with Crippen molar-refractivity contribution in [1.29, 1.82) is 0 Å².